The first kappa shape index (κ1) is 19.0. The van der Waals surface area contributed by atoms with Crippen molar-refractivity contribution in [2.45, 2.75) is 45.6 Å². The Balaban J connectivity index is 1.46. The summed E-state index contributed by atoms with van der Waals surface area (Å²) in [7, 11) is 0. The Kier molecular flexibility index (Phi) is 6.53. The number of hydrogen-bond acceptors (Lipinski definition) is 4. The molecular formula is C23H28N2O2. The molecule has 0 bridgehead atoms. The summed E-state index contributed by atoms with van der Waals surface area (Å²) in [6.07, 6.45) is 4.26. The molecular weight excluding hydrogens is 336 g/mol. The normalized spacial score (nSPS) is 12.1. The van der Waals surface area contributed by atoms with Crippen molar-refractivity contribution in [2.24, 2.45) is 0 Å². The van der Waals surface area contributed by atoms with Gasteiger partial charge in [-0.15, -0.1) is 0 Å². The average Bonchev–Trinajstić information content (AvgIpc) is 2.67. The van der Waals surface area contributed by atoms with Gasteiger partial charge in [0.25, 0.3) is 0 Å². The van der Waals surface area contributed by atoms with Crippen LogP contribution in [0, 0.1) is 0 Å². The molecule has 0 saturated heterocycles. The fraction of sp³-hybridized carbons (Fsp3) is 0.348. The molecule has 4 nitrogen and oxygen atoms in total. The van der Waals surface area contributed by atoms with E-state index in [0.717, 1.165) is 48.1 Å². The van der Waals surface area contributed by atoms with Crippen molar-refractivity contribution in [3.8, 4) is 11.5 Å². The lowest BCUT2D eigenvalue weighted by atomic mass is 10.1. The van der Waals surface area contributed by atoms with Gasteiger partial charge in [0.1, 0.15) is 22.8 Å². The zero-order valence-corrected chi connectivity index (χ0v) is 16.2. The van der Waals surface area contributed by atoms with Gasteiger partial charge in [-0.2, -0.15) is 0 Å². The molecule has 0 fully saturated rings. The highest BCUT2D eigenvalue weighted by atomic mass is 16.5. The monoisotopic (exact) mass is 364 g/mol. The Morgan fingerprint density at radius 3 is 2.63 bits per heavy atom. The summed E-state index contributed by atoms with van der Waals surface area (Å²) in [5, 5.41) is 1.03. The van der Waals surface area contributed by atoms with Gasteiger partial charge < -0.3 is 15.2 Å². The number of para-hydroxylation sites is 1. The van der Waals surface area contributed by atoms with E-state index in [1.165, 1.54) is 5.56 Å². The van der Waals surface area contributed by atoms with Gasteiger partial charge in [-0.1, -0.05) is 37.6 Å². The Labute approximate surface area is 161 Å². The number of aromatic nitrogens is 1. The molecule has 0 spiro atoms. The van der Waals surface area contributed by atoms with E-state index in [0.29, 0.717) is 12.4 Å². The quantitative estimate of drug-likeness (QED) is 0.517. The minimum atomic E-state index is 0.145. The molecule has 2 aromatic carbocycles. The molecule has 0 aliphatic carbocycles. The molecule has 0 aliphatic heterocycles. The van der Waals surface area contributed by atoms with Crippen LogP contribution in [0.15, 0.2) is 54.6 Å². The van der Waals surface area contributed by atoms with E-state index in [1.807, 2.05) is 24.3 Å². The Hall–Kier alpha value is -2.75. The summed E-state index contributed by atoms with van der Waals surface area (Å²) in [6.45, 7) is 4.91. The van der Waals surface area contributed by atoms with E-state index in [9.17, 15) is 0 Å². The fourth-order valence-electron chi connectivity index (χ4n) is 3.12. The predicted molar refractivity (Wildman–Crippen MR) is 111 cm³/mol. The Morgan fingerprint density at radius 2 is 1.85 bits per heavy atom. The number of rotatable bonds is 9. The van der Waals surface area contributed by atoms with Crippen molar-refractivity contribution in [2.75, 3.05) is 12.3 Å². The minimum absolute atomic E-state index is 0.145. The number of nitrogens with two attached hydrogens (primary N) is 1. The Bertz CT molecular complexity index is 862. The van der Waals surface area contributed by atoms with E-state index in [1.54, 1.807) is 6.07 Å². The Morgan fingerprint density at radius 1 is 1.04 bits per heavy atom. The first-order chi connectivity index (χ1) is 13.2. The minimum Gasteiger partial charge on any atom is -0.491 e. The molecule has 27 heavy (non-hydrogen) atoms. The van der Waals surface area contributed by atoms with E-state index < -0.39 is 0 Å². The number of hydrogen-bond donors (Lipinski definition) is 1. The number of nitrogen functional groups attached to an aromatic ring is 1. The highest BCUT2D eigenvalue weighted by Crippen LogP contribution is 2.25. The van der Waals surface area contributed by atoms with Crippen molar-refractivity contribution < 1.29 is 9.47 Å². The molecule has 142 valence electrons. The molecule has 2 N–H and O–H groups in total. The first-order valence-corrected chi connectivity index (χ1v) is 9.69. The molecule has 0 aliphatic rings. The lowest BCUT2D eigenvalue weighted by molar-refractivity contribution is 0.194. The van der Waals surface area contributed by atoms with Crippen LogP contribution in [0.25, 0.3) is 10.9 Å². The molecule has 4 heteroatoms. The van der Waals surface area contributed by atoms with Crippen molar-refractivity contribution in [1.29, 1.82) is 0 Å². The largest absolute Gasteiger partial charge is 0.491 e. The summed E-state index contributed by atoms with van der Waals surface area (Å²) >= 11 is 0. The van der Waals surface area contributed by atoms with Gasteiger partial charge in [0.05, 0.1) is 12.7 Å². The zero-order valence-electron chi connectivity index (χ0n) is 16.2. The number of benzene rings is 2. The molecule has 1 aromatic heterocycles. The van der Waals surface area contributed by atoms with Crippen LogP contribution in [-0.2, 0) is 6.42 Å². The van der Waals surface area contributed by atoms with Crippen LogP contribution in [0.1, 0.15) is 38.7 Å². The lowest BCUT2D eigenvalue weighted by Crippen LogP contribution is -2.13. The van der Waals surface area contributed by atoms with Crippen molar-refractivity contribution in [1.82, 2.24) is 4.98 Å². The smallest absolute Gasteiger partial charge is 0.145 e. The third-order valence-electron chi connectivity index (χ3n) is 4.52. The van der Waals surface area contributed by atoms with Crippen molar-refractivity contribution in [3.05, 3.63) is 60.2 Å². The second-order valence-corrected chi connectivity index (χ2v) is 6.88. The molecule has 0 amide bonds. The first-order valence-electron chi connectivity index (χ1n) is 9.69. The summed E-state index contributed by atoms with van der Waals surface area (Å²) < 4.78 is 11.9. The predicted octanol–water partition coefficient (Wildman–Crippen LogP) is 5.40. The molecule has 0 saturated carbocycles. The van der Waals surface area contributed by atoms with Gasteiger partial charge in [-0.3, -0.25) is 0 Å². The standard InChI is InChI=1S/C23H28N2O2/c1-3-6-18-10-13-20(14-11-18)27-17(2)7-5-16-26-21-9-4-8-19-12-15-22(24)25-23(19)21/h4,8-15,17H,3,5-7,16H2,1-2H3,(H2,24,25). The number of anilines is 1. The van der Waals surface area contributed by atoms with Crippen LogP contribution in [0.4, 0.5) is 5.82 Å². The zero-order chi connectivity index (χ0) is 19.1. The molecule has 0 radical (unpaired) electrons. The maximum atomic E-state index is 6.00. The van der Waals surface area contributed by atoms with Crippen LogP contribution in [0.3, 0.4) is 0 Å². The van der Waals surface area contributed by atoms with Gasteiger partial charge >= 0.3 is 0 Å². The molecule has 1 atom stereocenters. The number of nitrogens with zero attached hydrogens (tertiary/aromatic N) is 1. The van der Waals surface area contributed by atoms with Crippen molar-refractivity contribution >= 4 is 16.7 Å². The second kappa shape index (κ2) is 9.26. The van der Waals surface area contributed by atoms with E-state index in [4.69, 9.17) is 15.2 Å². The van der Waals surface area contributed by atoms with Crippen molar-refractivity contribution in [3.63, 3.8) is 0 Å². The third-order valence-corrected chi connectivity index (χ3v) is 4.52. The summed E-state index contributed by atoms with van der Waals surface area (Å²) in [4.78, 5) is 4.39. The van der Waals surface area contributed by atoms with E-state index >= 15 is 0 Å². The molecule has 1 heterocycles. The van der Waals surface area contributed by atoms with Gasteiger partial charge in [0.2, 0.25) is 0 Å². The van der Waals surface area contributed by atoms with Gasteiger partial charge in [-0.25, -0.2) is 4.98 Å². The van der Waals surface area contributed by atoms with Crippen LogP contribution < -0.4 is 15.2 Å². The summed E-state index contributed by atoms with van der Waals surface area (Å²) in [5.41, 5.74) is 7.97. The highest BCUT2D eigenvalue weighted by Gasteiger charge is 2.07. The molecule has 3 aromatic rings. The highest BCUT2D eigenvalue weighted by molar-refractivity contribution is 5.85. The number of fused-ring (bicyclic) bond motifs is 1. The second-order valence-electron chi connectivity index (χ2n) is 6.88. The van der Waals surface area contributed by atoms with E-state index in [2.05, 4.69) is 43.1 Å². The topological polar surface area (TPSA) is 57.4 Å². The average molecular weight is 364 g/mol. The van der Waals surface area contributed by atoms with Gasteiger partial charge in [-0.05, 0) is 62.1 Å². The fourth-order valence-corrected chi connectivity index (χ4v) is 3.12. The number of pyridine rings is 1. The van der Waals surface area contributed by atoms with Gasteiger partial charge in [0, 0.05) is 5.39 Å². The van der Waals surface area contributed by atoms with Gasteiger partial charge in [0.15, 0.2) is 0 Å². The van der Waals surface area contributed by atoms with Crippen LogP contribution in [-0.4, -0.2) is 17.7 Å². The van der Waals surface area contributed by atoms with E-state index in [-0.39, 0.29) is 6.10 Å². The number of aryl methyl sites for hydroxylation is 1. The summed E-state index contributed by atoms with van der Waals surface area (Å²) in [5.74, 6) is 2.21. The molecule has 3 rings (SSSR count). The van der Waals surface area contributed by atoms with Crippen LogP contribution in [0.2, 0.25) is 0 Å². The number of ether oxygens (including phenoxy) is 2. The third kappa shape index (κ3) is 5.36. The lowest BCUT2D eigenvalue weighted by Gasteiger charge is -2.15. The van der Waals surface area contributed by atoms with Crippen LogP contribution >= 0.6 is 0 Å². The molecule has 1 unspecified atom stereocenters. The SMILES string of the molecule is CCCc1ccc(OC(C)CCCOc2cccc3ccc(N)nc23)cc1. The maximum absolute atomic E-state index is 6.00. The summed E-state index contributed by atoms with van der Waals surface area (Å²) in [6, 6.07) is 18.1. The van der Waals surface area contributed by atoms with Crippen LogP contribution in [0.5, 0.6) is 11.5 Å². The maximum Gasteiger partial charge on any atom is 0.145 e.